The highest BCUT2D eigenvalue weighted by atomic mass is 32.1. The molecule has 0 bridgehead atoms. The lowest BCUT2D eigenvalue weighted by molar-refractivity contribution is -0.146. The minimum atomic E-state index is -0.436. The van der Waals surface area contributed by atoms with Crippen molar-refractivity contribution in [1.82, 2.24) is 5.32 Å². The van der Waals surface area contributed by atoms with Gasteiger partial charge in [-0.15, -0.1) is 0 Å². The highest BCUT2D eigenvalue weighted by molar-refractivity contribution is 7.80. The highest BCUT2D eigenvalue weighted by Gasteiger charge is 2.36. The molecule has 0 amide bonds. The third kappa shape index (κ3) is 2.98. The molecule has 2 atom stereocenters. The monoisotopic (exact) mass is 276 g/mol. The summed E-state index contributed by atoms with van der Waals surface area (Å²) >= 11 is 5.11. The van der Waals surface area contributed by atoms with Crippen LogP contribution in [0.5, 0.6) is 0 Å². The second-order valence-electron chi connectivity index (χ2n) is 4.32. The van der Waals surface area contributed by atoms with Crippen molar-refractivity contribution in [1.29, 1.82) is 0 Å². The third-order valence-corrected chi connectivity index (χ3v) is 3.25. The van der Waals surface area contributed by atoms with Crippen molar-refractivity contribution in [2.75, 3.05) is 6.61 Å². The summed E-state index contributed by atoms with van der Waals surface area (Å²) in [7, 11) is 0. The molecule has 19 heavy (non-hydrogen) atoms. The van der Waals surface area contributed by atoms with Crippen LogP contribution in [0.15, 0.2) is 35.3 Å². The van der Waals surface area contributed by atoms with E-state index in [0.717, 1.165) is 5.56 Å². The Balaban J connectivity index is 2.36. The van der Waals surface area contributed by atoms with E-state index in [1.165, 1.54) is 0 Å². The maximum absolute atomic E-state index is 12.1. The van der Waals surface area contributed by atoms with Gasteiger partial charge in [-0.25, -0.2) is 4.99 Å². The van der Waals surface area contributed by atoms with Gasteiger partial charge >= 0.3 is 5.97 Å². The van der Waals surface area contributed by atoms with E-state index in [2.05, 4.69) is 10.3 Å². The zero-order valence-corrected chi connectivity index (χ0v) is 11.7. The van der Waals surface area contributed by atoms with Crippen molar-refractivity contribution in [2.45, 2.75) is 19.9 Å². The number of carbonyl (C=O) groups excluding carboxylic acids is 1. The summed E-state index contributed by atoms with van der Waals surface area (Å²) < 4.78 is 5.14. The smallest absolute Gasteiger partial charge is 0.317 e. The molecule has 1 N–H and O–H groups in total. The van der Waals surface area contributed by atoms with Crippen LogP contribution in [0.1, 0.15) is 25.5 Å². The largest absolute Gasteiger partial charge is 0.465 e. The van der Waals surface area contributed by atoms with E-state index >= 15 is 0 Å². The molecule has 2 unspecified atom stereocenters. The Labute approximate surface area is 117 Å². The topological polar surface area (TPSA) is 50.7 Å². The SMILES string of the molecule is CCOC(=O)C1C(C)=NC(=S)NC1c1ccccc1. The second-order valence-corrected chi connectivity index (χ2v) is 4.71. The van der Waals surface area contributed by atoms with Gasteiger partial charge in [0.15, 0.2) is 5.11 Å². The predicted octanol–water partition coefficient (Wildman–Crippen LogP) is 2.26. The molecule has 2 rings (SSSR count). The van der Waals surface area contributed by atoms with Crippen molar-refractivity contribution in [2.24, 2.45) is 10.9 Å². The number of carbonyl (C=O) groups is 1. The van der Waals surface area contributed by atoms with Crippen molar-refractivity contribution in [3.63, 3.8) is 0 Å². The van der Waals surface area contributed by atoms with Crippen LogP contribution in [0.4, 0.5) is 0 Å². The van der Waals surface area contributed by atoms with E-state index in [9.17, 15) is 4.79 Å². The Hall–Kier alpha value is -1.75. The van der Waals surface area contributed by atoms with Crippen LogP contribution < -0.4 is 5.32 Å². The molecular formula is C14H16N2O2S. The van der Waals surface area contributed by atoms with E-state index in [1.807, 2.05) is 37.3 Å². The zero-order chi connectivity index (χ0) is 13.8. The van der Waals surface area contributed by atoms with Gasteiger partial charge in [0.2, 0.25) is 0 Å². The fourth-order valence-electron chi connectivity index (χ4n) is 2.19. The number of rotatable bonds is 3. The van der Waals surface area contributed by atoms with Crippen molar-refractivity contribution < 1.29 is 9.53 Å². The Bertz CT molecular complexity index is 513. The minimum absolute atomic E-state index is 0.217. The Morgan fingerprint density at radius 2 is 2.11 bits per heavy atom. The van der Waals surface area contributed by atoms with Crippen molar-refractivity contribution >= 4 is 29.0 Å². The summed E-state index contributed by atoms with van der Waals surface area (Å²) in [6.07, 6.45) is 0. The summed E-state index contributed by atoms with van der Waals surface area (Å²) in [4.78, 5) is 16.3. The minimum Gasteiger partial charge on any atom is -0.465 e. The van der Waals surface area contributed by atoms with Gasteiger partial charge in [-0.05, 0) is 31.6 Å². The summed E-state index contributed by atoms with van der Waals surface area (Å²) in [5, 5.41) is 3.50. The van der Waals surface area contributed by atoms with Crippen LogP contribution in [0.2, 0.25) is 0 Å². The zero-order valence-electron chi connectivity index (χ0n) is 10.9. The summed E-state index contributed by atoms with van der Waals surface area (Å²) in [6.45, 7) is 3.96. The molecule has 100 valence electrons. The van der Waals surface area contributed by atoms with Crippen LogP contribution in [-0.4, -0.2) is 23.4 Å². The van der Waals surface area contributed by atoms with E-state index in [4.69, 9.17) is 17.0 Å². The number of ether oxygens (including phenoxy) is 1. The maximum Gasteiger partial charge on any atom is 0.317 e. The molecule has 1 aliphatic heterocycles. The molecule has 1 aliphatic rings. The number of thiocarbonyl (C=S) groups is 1. The van der Waals surface area contributed by atoms with E-state index < -0.39 is 5.92 Å². The predicted molar refractivity (Wildman–Crippen MR) is 78.1 cm³/mol. The molecule has 0 radical (unpaired) electrons. The molecule has 1 heterocycles. The Kier molecular flexibility index (Phi) is 4.27. The number of esters is 1. The first-order valence-electron chi connectivity index (χ1n) is 6.20. The van der Waals surface area contributed by atoms with Gasteiger partial charge < -0.3 is 10.1 Å². The standard InChI is InChI=1S/C14H16N2O2S/c1-3-18-13(17)11-9(2)15-14(19)16-12(11)10-7-5-4-6-8-10/h4-8,11-12H,3H2,1-2H3,(H,16,19). The number of nitrogens with zero attached hydrogens (tertiary/aromatic N) is 1. The van der Waals surface area contributed by atoms with Gasteiger partial charge in [-0.1, -0.05) is 30.3 Å². The molecule has 0 aromatic heterocycles. The summed E-state index contributed by atoms with van der Waals surface area (Å²) in [5.41, 5.74) is 1.69. The first-order valence-corrected chi connectivity index (χ1v) is 6.61. The number of hydrogen-bond donors (Lipinski definition) is 1. The van der Waals surface area contributed by atoms with Gasteiger partial charge in [-0.3, -0.25) is 4.79 Å². The summed E-state index contributed by atoms with van der Waals surface area (Å²) in [5.74, 6) is -0.707. The van der Waals surface area contributed by atoms with E-state index in [-0.39, 0.29) is 12.0 Å². The lowest BCUT2D eigenvalue weighted by Crippen LogP contribution is -2.44. The number of aliphatic imine (C=N–C) groups is 1. The molecule has 0 saturated carbocycles. The summed E-state index contributed by atoms with van der Waals surface area (Å²) in [6, 6.07) is 9.51. The lowest BCUT2D eigenvalue weighted by Gasteiger charge is -2.30. The number of hydrogen-bond acceptors (Lipinski definition) is 3. The number of nitrogens with one attached hydrogen (secondary N) is 1. The third-order valence-electron chi connectivity index (χ3n) is 3.04. The molecule has 1 aromatic carbocycles. The molecule has 0 spiro atoms. The van der Waals surface area contributed by atoms with Gasteiger partial charge in [0, 0.05) is 5.71 Å². The average Bonchev–Trinajstić information content (AvgIpc) is 2.39. The first kappa shape index (κ1) is 13.7. The van der Waals surface area contributed by atoms with Crippen molar-refractivity contribution in [3.8, 4) is 0 Å². The van der Waals surface area contributed by atoms with Crippen molar-refractivity contribution in [3.05, 3.63) is 35.9 Å². The molecule has 0 fully saturated rings. The normalized spacial score (nSPS) is 22.4. The first-order chi connectivity index (χ1) is 9.13. The van der Waals surface area contributed by atoms with E-state index in [1.54, 1.807) is 6.92 Å². The second kappa shape index (κ2) is 5.93. The maximum atomic E-state index is 12.1. The van der Waals surface area contributed by atoms with Crippen LogP contribution in [0.25, 0.3) is 0 Å². The highest BCUT2D eigenvalue weighted by Crippen LogP contribution is 2.27. The van der Waals surface area contributed by atoms with Crippen LogP contribution in [-0.2, 0) is 9.53 Å². The van der Waals surface area contributed by atoms with Gasteiger partial charge in [0.25, 0.3) is 0 Å². The molecular weight excluding hydrogens is 260 g/mol. The Morgan fingerprint density at radius 3 is 2.74 bits per heavy atom. The van der Waals surface area contributed by atoms with Crippen LogP contribution in [0.3, 0.4) is 0 Å². The number of benzene rings is 1. The molecule has 0 aliphatic carbocycles. The quantitative estimate of drug-likeness (QED) is 0.679. The Morgan fingerprint density at radius 1 is 1.42 bits per heavy atom. The fraction of sp³-hybridized carbons (Fsp3) is 0.357. The molecule has 1 aromatic rings. The van der Waals surface area contributed by atoms with E-state index in [0.29, 0.717) is 17.4 Å². The average molecular weight is 276 g/mol. The van der Waals surface area contributed by atoms with Crippen LogP contribution in [0, 0.1) is 5.92 Å². The molecule has 5 heteroatoms. The van der Waals surface area contributed by atoms with Gasteiger partial charge in [0.1, 0.15) is 5.92 Å². The van der Waals surface area contributed by atoms with Gasteiger partial charge in [-0.2, -0.15) is 0 Å². The molecule has 4 nitrogen and oxygen atoms in total. The lowest BCUT2D eigenvalue weighted by atomic mass is 9.88. The van der Waals surface area contributed by atoms with Gasteiger partial charge in [0.05, 0.1) is 12.6 Å². The van der Waals surface area contributed by atoms with Crippen LogP contribution >= 0.6 is 12.2 Å². The molecule has 0 saturated heterocycles. The fourth-order valence-corrected chi connectivity index (χ4v) is 2.47.